The van der Waals surface area contributed by atoms with Gasteiger partial charge in [0.15, 0.2) is 8.32 Å². The van der Waals surface area contributed by atoms with Crippen molar-refractivity contribution in [3.05, 3.63) is 12.2 Å². The molecule has 5 heteroatoms. The fourth-order valence-corrected chi connectivity index (χ4v) is 2.23. The Morgan fingerprint density at radius 3 is 2.35 bits per heavy atom. The summed E-state index contributed by atoms with van der Waals surface area (Å²) in [6, 6.07) is 0. The summed E-state index contributed by atoms with van der Waals surface area (Å²) in [5, 5.41) is 10.2. The molecule has 0 aromatic carbocycles. The summed E-state index contributed by atoms with van der Waals surface area (Å²) < 4.78 is 10.8. The topological polar surface area (TPSA) is 55.8 Å². The number of rotatable bonds is 7. The molecule has 0 fully saturated rings. The molecule has 0 rings (SSSR count). The fourth-order valence-electron chi connectivity index (χ4n) is 1.21. The minimum Gasteiger partial charge on any atom is -0.463 e. The first kappa shape index (κ1) is 19.3. The summed E-state index contributed by atoms with van der Waals surface area (Å²) in [6.45, 7) is 15.1. The van der Waals surface area contributed by atoms with E-state index in [-0.39, 0.29) is 16.9 Å². The standard InChI is InChI=1S/C15H30O4Si/c1-8-18-14(17)10-9-12(2)13(16)11-19-20(6,7)15(3,4)5/h9-10,12-13,16H,8,11H2,1-7H3/b10-9+/t12-,13+/m1/s1. The van der Waals surface area contributed by atoms with Crippen LogP contribution in [-0.2, 0) is 14.0 Å². The van der Waals surface area contributed by atoms with Gasteiger partial charge in [-0.15, -0.1) is 0 Å². The largest absolute Gasteiger partial charge is 0.463 e. The summed E-state index contributed by atoms with van der Waals surface area (Å²) in [7, 11) is -1.85. The number of ether oxygens (including phenoxy) is 1. The van der Waals surface area contributed by atoms with Crippen LogP contribution in [0.5, 0.6) is 0 Å². The second kappa shape index (κ2) is 7.95. The van der Waals surface area contributed by atoms with Crippen LogP contribution >= 0.6 is 0 Å². The van der Waals surface area contributed by atoms with E-state index >= 15 is 0 Å². The minimum atomic E-state index is -1.85. The van der Waals surface area contributed by atoms with Crippen LogP contribution in [0.25, 0.3) is 0 Å². The summed E-state index contributed by atoms with van der Waals surface area (Å²) in [6.07, 6.45) is 2.41. The molecule has 1 N–H and O–H groups in total. The van der Waals surface area contributed by atoms with E-state index in [0.717, 1.165) is 0 Å². The molecule has 0 saturated heterocycles. The molecule has 20 heavy (non-hydrogen) atoms. The molecule has 0 radical (unpaired) electrons. The van der Waals surface area contributed by atoms with Crippen molar-refractivity contribution in [1.82, 2.24) is 0 Å². The van der Waals surface area contributed by atoms with Crippen LogP contribution in [0.2, 0.25) is 18.1 Å². The summed E-state index contributed by atoms with van der Waals surface area (Å²) in [5.74, 6) is -0.527. The predicted molar refractivity (Wildman–Crippen MR) is 84.1 cm³/mol. The SMILES string of the molecule is CCOC(=O)/C=C/[C@@H](C)[C@@H](O)CO[Si](C)(C)C(C)(C)C. The number of hydrogen-bond acceptors (Lipinski definition) is 4. The summed E-state index contributed by atoms with van der Waals surface area (Å²) in [4.78, 5) is 11.2. The number of aliphatic hydroxyl groups is 1. The molecule has 0 aliphatic heterocycles. The molecule has 0 aliphatic carbocycles. The second-order valence-electron chi connectivity index (χ2n) is 6.61. The molecule has 4 nitrogen and oxygen atoms in total. The van der Waals surface area contributed by atoms with Crippen LogP contribution in [0.4, 0.5) is 0 Å². The molecule has 0 bridgehead atoms. The van der Waals surface area contributed by atoms with E-state index in [9.17, 15) is 9.90 Å². The zero-order chi connectivity index (χ0) is 16.0. The lowest BCUT2D eigenvalue weighted by Crippen LogP contribution is -2.43. The van der Waals surface area contributed by atoms with Crippen LogP contribution in [0.1, 0.15) is 34.6 Å². The van der Waals surface area contributed by atoms with Crippen molar-refractivity contribution in [2.75, 3.05) is 13.2 Å². The monoisotopic (exact) mass is 302 g/mol. The van der Waals surface area contributed by atoms with Crippen LogP contribution in [0, 0.1) is 5.92 Å². The van der Waals surface area contributed by atoms with Gasteiger partial charge in [0.1, 0.15) is 0 Å². The molecule has 0 unspecified atom stereocenters. The Hall–Kier alpha value is -0.653. The van der Waals surface area contributed by atoms with Gasteiger partial charge in [-0.25, -0.2) is 4.79 Å². The van der Waals surface area contributed by atoms with Crippen LogP contribution < -0.4 is 0 Å². The number of hydrogen-bond donors (Lipinski definition) is 1. The Balaban J connectivity index is 4.34. The highest BCUT2D eigenvalue weighted by Crippen LogP contribution is 2.36. The van der Waals surface area contributed by atoms with Gasteiger partial charge in [-0.3, -0.25) is 0 Å². The third-order valence-electron chi connectivity index (χ3n) is 3.85. The van der Waals surface area contributed by atoms with E-state index in [4.69, 9.17) is 9.16 Å². The van der Waals surface area contributed by atoms with Crippen LogP contribution in [0.15, 0.2) is 12.2 Å². The van der Waals surface area contributed by atoms with Gasteiger partial charge in [-0.1, -0.05) is 33.8 Å². The summed E-state index contributed by atoms with van der Waals surface area (Å²) >= 11 is 0. The molecule has 0 heterocycles. The molecule has 0 saturated carbocycles. The summed E-state index contributed by atoms with van der Waals surface area (Å²) in [5.41, 5.74) is 0. The van der Waals surface area contributed by atoms with Crippen molar-refractivity contribution < 1.29 is 19.1 Å². The van der Waals surface area contributed by atoms with E-state index < -0.39 is 14.4 Å². The third-order valence-corrected chi connectivity index (χ3v) is 8.35. The Labute approximate surface area is 124 Å². The van der Waals surface area contributed by atoms with Crippen molar-refractivity contribution >= 4 is 14.3 Å². The van der Waals surface area contributed by atoms with E-state index in [1.54, 1.807) is 13.0 Å². The molecular formula is C15H30O4Si. The maximum Gasteiger partial charge on any atom is 0.330 e. The van der Waals surface area contributed by atoms with E-state index in [1.165, 1.54) is 6.08 Å². The molecular weight excluding hydrogens is 272 g/mol. The molecule has 0 amide bonds. The zero-order valence-corrected chi connectivity index (χ0v) is 14.9. The first-order valence-electron chi connectivity index (χ1n) is 7.18. The van der Waals surface area contributed by atoms with E-state index in [1.807, 2.05) is 6.92 Å². The number of aliphatic hydroxyl groups excluding tert-OH is 1. The number of carbonyl (C=O) groups is 1. The molecule has 0 spiro atoms. The van der Waals surface area contributed by atoms with Crippen molar-refractivity contribution in [2.45, 2.75) is 58.9 Å². The second-order valence-corrected chi connectivity index (χ2v) is 11.4. The molecule has 2 atom stereocenters. The first-order chi connectivity index (χ1) is 9.01. The Morgan fingerprint density at radius 2 is 1.90 bits per heavy atom. The van der Waals surface area contributed by atoms with Crippen LogP contribution in [-0.4, -0.2) is 38.7 Å². The highest BCUT2D eigenvalue weighted by molar-refractivity contribution is 6.74. The maximum absolute atomic E-state index is 11.2. The van der Waals surface area contributed by atoms with Crippen molar-refractivity contribution in [1.29, 1.82) is 0 Å². The number of esters is 1. The first-order valence-corrected chi connectivity index (χ1v) is 10.1. The van der Waals surface area contributed by atoms with E-state index in [2.05, 4.69) is 33.9 Å². The van der Waals surface area contributed by atoms with Gasteiger partial charge in [0.2, 0.25) is 0 Å². The van der Waals surface area contributed by atoms with Gasteiger partial charge >= 0.3 is 5.97 Å². The smallest absolute Gasteiger partial charge is 0.330 e. The highest BCUT2D eigenvalue weighted by Gasteiger charge is 2.37. The van der Waals surface area contributed by atoms with Gasteiger partial charge in [0, 0.05) is 12.0 Å². The zero-order valence-electron chi connectivity index (χ0n) is 13.9. The van der Waals surface area contributed by atoms with Crippen molar-refractivity contribution in [3.8, 4) is 0 Å². The number of carbonyl (C=O) groups excluding carboxylic acids is 1. The molecule has 0 aromatic rings. The fraction of sp³-hybridized carbons (Fsp3) is 0.800. The quantitative estimate of drug-likeness (QED) is 0.446. The normalized spacial score (nSPS) is 16.2. The van der Waals surface area contributed by atoms with Gasteiger partial charge in [-0.2, -0.15) is 0 Å². The van der Waals surface area contributed by atoms with Crippen molar-refractivity contribution in [2.24, 2.45) is 5.92 Å². The van der Waals surface area contributed by atoms with Crippen molar-refractivity contribution in [3.63, 3.8) is 0 Å². The van der Waals surface area contributed by atoms with Gasteiger partial charge in [0.05, 0.1) is 19.3 Å². The average molecular weight is 302 g/mol. The minimum absolute atomic E-state index is 0.122. The maximum atomic E-state index is 11.2. The lowest BCUT2D eigenvalue weighted by atomic mass is 10.1. The lowest BCUT2D eigenvalue weighted by molar-refractivity contribution is -0.137. The van der Waals surface area contributed by atoms with Crippen LogP contribution in [0.3, 0.4) is 0 Å². The predicted octanol–water partition coefficient (Wildman–Crippen LogP) is 3.12. The molecule has 0 aromatic heterocycles. The molecule has 0 aliphatic rings. The Kier molecular flexibility index (Phi) is 7.69. The average Bonchev–Trinajstić information content (AvgIpc) is 2.32. The van der Waals surface area contributed by atoms with Gasteiger partial charge in [-0.05, 0) is 25.1 Å². The molecule has 118 valence electrons. The third kappa shape index (κ3) is 6.68. The van der Waals surface area contributed by atoms with E-state index in [0.29, 0.717) is 13.2 Å². The highest BCUT2D eigenvalue weighted by atomic mass is 28.4. The Morgan fingerprint density at radius 1 is 1.35 bits per heavy atom. The van der Waals surface area contributed by atoms with Gasteiger partial charge in [0.25, 0.3) is 0 Å². The lowest BCUT2D eigenvalue weighted by Gasteiger charge is -2.37. The Bertz CT molecular complexity index is 331. The van der Waals surface area contributed by atoms with Gasteiger partial charge < -0.3 is 14.3 Å².